The number of nitrogens with one attached hydrogen (secondary N) is 1. The Morgan fingerprint density at radius 2 is 2.00 bits per heavy atom. The third kappa shape index (κ3) is 3.66. The van der Waals surface area contributed by atoms with Crippen LogP contribution in [0.1, 0.15) is 29.7 Å². The Balaban J connectivity index is 1.26. The molecule has 1 amide bonds. The highest BCUT2D eigenvalue weighted by atomic mass is 19.4. The summed E-state index contributed by atoms with van der Waals surface area (Å²) in [5.41, 5.74) is 2.41. The quantitative estimate of drug-likeness (QED) is 0.810. The van der Waals surface area contributed by atoms with Crippen molar-refractivity contribution in [1.82, 2.24) is 14.8 Å². The van der Waals surface area contributed by atoms with E-state index in [1.807, 2.05) is 0 Å². The van der Waals surface area contributed by atoms with E-state index in [0.29, 0.717) is 25.0 Å². The number of nitrogens with zero attached hydrogens (tertiary/aromatic N) is 2. The van der Waals surface area contributed by atoms with Gasteiger partial charge in [-0.3, -0.25) is 0 Å². The number of carbonyl (C=O) groups excluding carboxylic acids is 1. The van der Waals surface area contributed by atoms with Crippen LogP contribution in [-0.2, 0) is 23.8 Å². The number of hydrogen-bond acceptors (Lipinski definition) is 3. The summed E-state index contributed by atoms with van der Waals surface area (Å²) in [6.45, 7) is 4.82. The zero-order chi connectivity index (χ0) is 20.9. The first-order valence-electron chi connectivity index (χ1n) is 10.7. The monoisotopic (exact) mass is 421 g/mol. The molecule has 0 radical (unpaired) electrons. The number of alkyl halides is 3. The van der Waals surface area contributed by atoms with E-state index in [9.17, 15) is 18.0 Å². The zero-order valence-corrected chi connectivity index (χ0v) is 16.8. The molecule has 2 unspecified atom stereocenters. The highest BCUT2D eigenvalue weighted by Crippen LogP contribution is 2.40. The summed E-state index contributed by atoms with van der Waals surface area (Å²) in [7, 11) is 0. The second kappa shape index (κ2) is 7.48. The SMILES string of the molecule is O=C1OCCN1CCCN1CCC2Cc3[nH]c4ccc(C(F)(F)F)cc4c3CC2C1. The molecule has 162 valence electrons. The van der Waals surface area contributed by atoms with E-state index in [1.165, 1.54) is 6.07 Å². The number of fused-ring (bicyclic) bond motifs is 4. The first kappa shape index (κ1) is 19.7. The number of benzene rings is 1. The van der Waals surface area contributed by atoms with Gasteiger partial charge in [0.05, 0.1) is 12.1 Å². The van der Waals surface area contributed by atoms with Crippen LogP contribution in [0.2, 0.25) is 0 Å². The molecule has 2 fully saturated rings. The lowest BCUT2D eigenvalue weighted by Crippen LogP contribution is -2.44. The number of amides is 1. The summed E-state index contributed by atoms with van der Waals surface area (Å²) in [4.78, 5) is 19.1. The van der Waals surface area contributed by atoms with Crippen LogP contribution in [0.15, 0.2) is 18.2 Å². The van der Waals surface area contributed by atoms with Crippen molar-refractivity contribution in [3.05, 3.63) is 35.0 Å². The predicted octanol–water partition coefficient (Wildman–Crippen LogP) is 4.07. The van der Waals surface area contributed by atoms with Crippen molar-refractivity contribution in [1.29, 1.82) is 0 Å². The van der Waals surface area contributed by atoms with Gasteiger partial charge in [0, 0.05) is 29.7 Å². The normalized spacial score (nSPS) is 24.8. The average Bonchev–Trinajstić information content (AvgIpc) is 3.28. The Hall–Kier alpha value is -2.22. The van der Waals surface area contributed by atoms with Crippen LogP contribution in [0, 0.1) is 11.8 Å². The van der Waals surface area contributed by atoms with Crippen molar-refractivity contribution >= 4 is 17.0 Å². The van der Waals surface area contributed by atoms with Crippen molar-refractivity contribution in [3.8, 4) is 0 Å². The van der Waals surface area contributed by atoms with Crippen molar-refractivity contribution in [2.24, 2.45) is 11.8 Å². The number of aromatic nitrogens is 1. The number of aromatic amines is 1. The molecule has 5 nitrogen and oxygen atoms in total. The van der Waals surface area contributed by atoms with Gasteiger partial charge in [0.2, 0.25) is 0 Å². The molecule has 2 aromatic rings. The van der Waals surface area contributed by atoms with Crippen LogP contribution >= 0.6 is 0 Å². The number of likely N-dealkylation sites (tertiary alicyclic amines) is 1. The minimum atomic E-state index is -4.32. The van der Waals surface area contributed by atoms with Crippen LogP contribution < -0.4 is 0 Å². The number of carbonyl (C=O) groups is 1. The van der Waals surface area contributed by atoms with E-state index >= 15 is 0 Å². The van der Waals surface area contributed by atoms with Crippen molar-refractivity contribution < 1.29 is 22.7 Å². The molecule has 3 heterocycles. The topological polar surface area (TPSA) is 48.6 Å². The van der Waals surface area contributed by atoms with Crippen molar-refractivity contribution in [2.45, 2.75) is 31.9 Å². The predicted molar refractivity (Wildman–Crippen MR) is 106 cm³/mol. The van der Waals surface area contributed by atoms with Crippen LogP contribution in [0.5, 0.6) is 0 Å². The lowest BCUT2D eigenvalue weighted by Gasteiger charge is -2.41. The summed E-state index contributed by atoms with van der Waals surface area (Å²) in [6, 6.07) is 4.03. The smallest absolute Gasteiger partial charge is 0.416 e. The van der Waals surface area contributed by atoms with Gasteiger partial charge in [0.25, 0.3) is 0 Å². The minimum absolute atomic E-state index is 0.217. The highest BCUT2D eigenvalue weighted by molar-refractivity contribution is 5.85. The van der Waals surface area contributed by atoms with Gasteiger partial charge in [-0.05, 0) is 74.4 Å². The van der Waals surface area contributed by atoms with E-state index in [2.05, 4.69) is 9.88 Å². The maximum atomic E-state index is 13.2. The molecule has 0 saturated carbocycles. The molecule has 0 spiro atoms. The zero-order valence-electron chi connectivity index (χ0n) is 16.8. The summed E-state index contributed by atoms with van der Waals surface area (Å²) in [6.07, 6.45) is -0.761. The molecule has 2 atom stereocenters. The number of piperidine rings is 1. The van der Waals surface area contributed by atoms with Crippen LogP contribution in [0.25, 0.3) is 10.9 Å². The van der Waals surface area contributed by atoms with E-state index in [1.54, 1.807) is 11.0 Å². The maximum Gasteiger partial charge on any atom is 0.416 e. The fourth-order valence-electron chi connectivity index (χ4n) is 5.38. The number of cyclic esters (lactones) is 1. The van der Waals surface area contributed by atoms with Crippen LogP contribution in [-0.4, -0.2) is 60.2 Å². The summed E-state index contributed by atoms with van der Waals surface area (Å²) >= 11 is 0. The summed E-state index contributed by atoms with van der Waals surface area (Å²) in [5, 5.41) is 0.725. The van der Waals surface area contributed by atoms with Crippen LogP contribution in [0.3, 0.4) is 0 Å². The molecule has 30 heavy (non-hydrogen) atoms. The Kier molecular flexibility index (Phi) is 4.92. The molecule has 1 aromatic carbocycles. The number of halogens is 3. The molecule has 8 heteroatoms. The molecule has 3 aliphatic rings. The third-order valence-electron chi connectivity index (χ3n) is 6.98. The van der Waals surface area contributed by atoms with Crippen molar-refractivity contribution in [2.75, 3.05) is 39.3 Å². The Morgan fingerprint density at radius 3 is 2.77 bits per heavy atom. The second-order valence-electron chi connectivity index (χ2n) is 8.81. The van der Waals surface area contributed by atoms with Gasteiger partial charge >= 0.3 is 12.3 Å². The molecule has 1 aromatic heterocycles. The molecule has 1 aliphatic carbocycles. The number of rotatable bonds is 4. The highest BCUT2D eigenvalue weighted by Gasteiger charge is 2.36. The molecule has 0 bridgehead atoms. The van der Waals surface area contributed by atoms with Crippen molar-refractivity contribution in [3.63, 3.8) is 0 Å². The largest absolute Gasteiger partial charge is 0.448 e. The molecule has 2 aliphatic heterocycles. The Bertz CT molecular complexity index is 955. The van der Waals surface area contributed by atoms with Gasteiger partial charge in [-0.1, -0.05) is 0 Å². The van der Waals surface area contributed by atoms with Gasteiger partial charge in [-0.25, -0.2) is 4.79 Å². The average molecular weight is 421 g/mol. The molecular formula is C22H26F3N3O2. The Labute approximate surface area is 173 Å². The lowest BCUT2D eigenvalue weighted by atomic mass is 9.74. The van der Waals surface area contributed by atoms with E-state index in [-0.39, 0.29) is 6.09 Å². The third-order valence-corrected chi connectivity index (χ3v) is 6.98. The van der Waals surface area contributed by atoms with Gasteiger partial charge < -0.3 is 19.5 Å². The number of hydrogen-bond donors (Lipinski definition) is 1. The number of ether oxygens (including phenoxy) is 1. The minimum Gasteiger partial charge on any atom is -0.448 e. The molecule has 5 rings (SSSR count). The van der Waals surface area contributed by atoms with Gasteiger partial charge in [-0.15, -0.1) is 0 Å². The molecular weight excluding hydrogens is 395 g/mol. The first-order chi connectivity index (χ1) is 14.4. The first-order valence-corrected chi connectivity index (χ1v) is 10.7. The fraction of sp³-hybridized carbons (Fsp3) is 0.591. The second-order valence-corrected chi connectivity index (χ2v) is 8.81. The molecule has 2 saturated heterocycles. The molecule has 1 N–H and O–H groups in total. The van der Waals surface area contributed by atoms with E-state index < -0.39 is 11.7 Å². The van der Waals surface area contributed by atoms with Gasteiger partial charge in [-0.2, -0.15) is 13.2 Å². The summed E-state index contributed by atoms with van der Waals surface area (Å²) < 4.78 is 44.5. The Morgan fingerprint density at radius 1 is 1.13 bits per heavy atom. The van der Waals surface area contributed by atoms with E-state index in [0.717, 1.165) is 80.1 Å². The lowest BCUT2D eigenvalue weighted by molar-refractivity contribution is -0.137. The van der Waals surface area contributed by atoms with Gasteiger partial charge in [0.1, 0.15) is 6.61 Å². The van der Waals surface area contributed by atoms with Gasteiger partial charge in [0.15, 0.2) is 0 Å². The number of H-pyrrole nitrogens is 1. The summed E-state index contributed by atoms with van der Waals surface area (Å²) in [5.74, 6) is 1.05. The maximum absolute atomic E-state index is 13.2. The standard InChI is InChI=1S/C22H26F3N3O2/c23-22(24,25)16-2-3-19-18(12-16)17-10-15-13-27(7-4-14(15)11-20(17)26-19)5-1-6-28-8-9-30-21(28)29/h2-3,12,14-15,26H,1,4-11,13H2. The van der Waals surface area contributed by atoms with Crippen LogP contribution in [0.4, 0.5) is 18.0 Å². The fourth-order valence-corrected chi connectivity index (χ4v) is 5.38. The van der Waals surface area contributed by atoms with E-state index in [4.69, 9.17) is 4.74 Å².